The standard InChI is InChI=1S/C19H23N5O2/c1-23-17(6-7-22-23)13-8-14-4-5-15(9-13)24(14)19(25)21-11-16-10-20-18(26-16)12-2-3-12/h6-8,10,12,14-15H,2-5,9,11H2,1H3,(H,21,25). The fraction of sp³-hybridized carbons (Fsp3) is 0.526. The molecule has 2 bridgehead atoms. The number of nitrogens with zero attached hydrogens (tertiary/aromatic N) is 4. The quantitative estimate of drug-likeness (QED) is 0.917. The number of fused-ring (bicyclic) bond motifs is 2. The van der Waals surface area contributed by atoms with E-state index < -0.39 is 0 Å². The molecule has 4 heterocycles. The predicted molar refractivity (Wildman–Crippen MR) is 95.2 cm³/mol. The minimum Gasteiger partial charge on any atom is -0.444 e. The van der Waals surface area contributed by atoms with E-state index in [1.165, 1.54) is 5.57 Å². The maximum absolute atomic E-state index is 12.8. The van der Waals surface area contributed by atoms with E-state index in [0.29, 0.717) is 12.5 Å². The highest BCUT2D eigenvalue weighted by atomic mass is 16.4. The van der Waals surface area contributed by atoms with Gasteiger partial charge in [-0.05, 0) is 43.7 Å². The van der Waals surface area contributed by atoms with Crippen LogP contribution >= 0.6 is 0 Å². The highest BCUT2D eigenvalue weighted by Crippen LogP contribution is 2.40. The number of oxazole rings is 1. The summed E-state index contributed by atoms with van der Waals surface area (Å²) in [6.45, 7) is 0.396. The van der Waals surface area contributed by atoms with Crippen LogP contribution in [0.2, 0.25) is 0 Å². The van der Waals surface area contributed by atoms with Gasteiger partial charge in [-0.1, -0.05) is 6.08 Å². The average Bonchev–Trinajstić information content (AvgIpc) is 3.11. The third-order valence-electron chi connectivity index (χ3n) is 5.69. The van der Waals surface area contributed by atoms with Crippen LogP contribution in [0.1, 0.15) is 55.4 Å². The lowest BCUT2D eigenvalue weighted by Gasteiger charge is -2.34. The molecule has 2 amide bonds. The molecule has 2 unspecified atom stereocenters. The molecule has 26 heavy (non-hydrogen) atoms. The summed E-state index contributed by atoms with van der Waals surface area (Å²) in [5.74, 6) is 2.04. The third-order valence-corrected chi connectivity index (χ3v) is 5.69. The fourth-order valence-electron chi connectivity index (χ4n) is 4.20. The van der Waals surface area contributed by atoms with Crippen LogP contribution in [0, 0.1) is 0 Å². The molecule has 0 spiro atoms. The summed E-state index contributed by atoms with van der Waals surface area (Å²) in [5, 5.41) is 7.27. The average molecular weight is 353 g/mol. The zero-order valence-electron chi connectivity index (χ0n) is 14.9. The topological polar surface area (TPSA) is 76.2 Å². The molecule has 1 saturated heterocycles. The van der Waals surface area contributed by atoms with Gasteiger partial charge in [0.05, 0.1) is 24.5 Å². The lowest BCUT2D eigenvalue weighted by molar-refractivity contribution is 0.178. The van der Waals surface area contributed by atoms with Crippen molar-refractivity contribution in [3.8, 4) is 0 Å². The maximum Gasteiger partial charge on any atom is 0.318 e. The van der Waals surface area contributed by atoms with Crippen LogP contribution < -0.4 is 5.32 Å². The Bertz CT molecular complexity index is 863. The van der Waals surface area contributed by atoms with Crippen molar-refractivity contribution in [2.24, 2.45) is 7.05 Å². The number of aryl methyl sites for hydroxylation is 1. The van der Waals surface area contributed by atoms with Crippen molar-refractivity contribution >= 4 is 11.6 Å². The van der Waals surface area contributed by atoms with Gasteiger partial charge in [-0.2, -0.15) is 5.10 Å². The van der Waals surface area contributed by atoms with Crippen LogP contribution in [0.25, 0.3) is 5.57 Å². The number of urea groups is 1. The second kappa shape index (κ2) is 6.00. The summed E-state index contributed by atoms with van der Waals surface area (Å²) in [5.41, 5.74) is 2.45. The van der Waals surface area contributed by atoms with Crippen molar-refractivity contribution in [3.05, 3.63) is 41.9 Å². The summed E-state index contributed by atoms with van der Waals surface area (Å²) < 4.78 is 7.63. The predicted octanol–water partition coefficient (Wildman–Crippen LogP) is 2.82. The second-order valence-electron chi connectivity index (χ2n) is 7.54. The molecule has 1 N–H and O–H groups in total. The lowest BCUT2D eigenvalue weighted by Crippen LogP contribution is -2.48. The van der Waals surface area contributed by atoms with E-state index in [1.54, 1.807) is 6.20 Å². The van der Waals surface area contributed by atoms with Gasteiger partial charge in [0.15, 0.2) is 5.89 Å². The van der Waals surface area contributed by atoms with E-state index in [1.807, 2.05) is 28.9 Å². The summed E-state index contributed by atoms with van der Waals surface area (Å²) in [4.78, 5) is 19.1. The van der Waals surface area contributed by atoms with E-state index in [0.717, 1.165) is 49.4 Å². The van der Waals surface area contributed by atoms with Gasteiger partial charge in [0.2, 0.25) is 0 Å². The number of rotatable bonds is 4. The summed E-state index contributed by atoms with van der Waals surface area (Å²) in [7, 11) is 1.96. The Morgan fingerprint density at radius 3 is 2.96 bits per heavy atom. The molecule has 2 aliphatic heterocycles. The Kier molecular flexibility index (Phi) is 3.62. The van der Waals surface area contributed by atoms with Crippen LogP contribution in [0.5, 0.6) is 0 Å². The number of carbonyl (C=O) groups is 1. The number of hydrogen-bond acceptors (Lipinski definition) is 4. The van der Waals surface area contributed by atoms with Gasteiger partial charge < -0.3 is 14.6 Å². The van der Waals surface area contributed by atoms with E-state index >= 15 is 0 Å². The van der Waals surface area contributed by atoms with Gasteiger partial charge in [-0.25, -0.2) is 9.78 Å². The smallest absolute Gasteiger partial charge is 0.318 e. The zero-order valence-corrected chi connectivity index (χ0v) is 14.9. The molecule has 2 fully saturated rings. The molecule has 3 aliphatic rings. The van der Waals surface area contributed by atoms with Crippen molar-refractivity contribution in [3.63, 3.8) is 0 Å². The van der Waals surface area contributed by atoms with Crippen LogP contribution in [-0.2, 0) is 13.6 Å². The molecule has 2 atom stereocenters. The Labute approximate surface area is 152 Å². The SMILES string of the molecule is Cn1nccc1C1=CC2CCC(C1)N2C(=O)NCc1cnc(C2CC2)o1. The van der Waals surface area contributed by atoms with Gasteiger partial charge in [0.25, 0.3) is 0 Å². The van der Waals surface area contributed by atoms with Crippen LogP contribution in [-0.4, -0.2) is 37.8 Å². The monoisotopic (exact) mass is 353 g/mol. The normalized spacial score (nSPS) is 24.7. The van der Waals surface area contributed by atoms with Crippen molar-refractivity contribution in [1.82, 2.24) is 25.0 Å². The van der Waals surface area contributed by atoms with Gasteiger partial charge >= 0.3 is 6.03 Å². The number of amides is 2. The van der Waals surface area contributed by atoms with Crippen LogP contribution in [0.4, 0.5) is 4.79 Å². The minimum absolute atomic E-state index is 0.0119. The Hall–Kier alpha value is -2.57. The molecule has 0 radical (unpaired) electrons. The molecule has 0 aromatic carbocycles. The third kappa shape index (κ3) is 2.71. The molecule has 7 heteroatoms. The van der Waals surface area contributed by atoms with Crippen LogP contribution in [0.15, 0.2) is 29.0 Å². The molecular formula is C19H23N5O2. The van der Waals surface area contributed by atoms with Gasteiger partial charge in [-0.3, -0.25) is 4.68 Å². The van der Waals surface area contributed by atoms with Crippen molar-refractivity contribution in [2.45, 2.75) is 56.7 Å². The molecular weight excluding hydrogens is 330 g/mol. The van der Waals surface area contributed by atoms with Gasteiger partial charge in [-0.15, -0.1) is 0 Å². The number of nitrogens with one attached hydrogen (secondary N) is 1. The van der Waals surface area contributed by atoms with Gasteiger partial charge in [0, 0.05) is 25.2 Å². The van der Waals surface area contributed by atoms with Crippen molar-refractivity contribution in [1.29, 1.82) is 0 Å². The largest absolute Gasteiger partial charge is 0.444 e. The van der Waals surface area contributed by atoms with E-state index in [9.17, 15) is 4.79 Å². The first kappa shape index (κ1) is 15.7. The second-order valence-corrected chi connectivity index (χ2v) is 7.54. The zero-order chi connectivity index (χ0) is 17.7. The molecule has 5 rings (SSSR count). The Balaban J connectivity index is 1.26. The highest BCUT2D eigenvalue weighted by molar-refractivity contribution is 5.78. The lowest BCUT2D eigenvalue weighted by atomic mass is 9.99. The first-order chi connectivity index (χ1) is 12.7. The fourth-order valence-corrected chi connectivity index (χ4v) is 4.20. The van der Waals surface area contributed by atoms with Crippen molar-refractivity contribution in [2.75, 3.05) is 0 Å². The van der Waals surface area contributed by atoms with E-state index in [4.69, 9.17) is 4.42 Å². The Morgan fingerprint density at radius 1 is 1.35 bits per heavy atom. The van der Waals surface area contributed by atoms with E-state index in [-0.39, 0.29) is 18.1 Å². The molecule has 136 valence electrons. The number of aromatic nitrogens is 3. The summed E-state index contributed by atoms with van der Waals surface area (Å²) in [6, 6.07) is 2.45. The number of carbonyl (C=O) groups excluding carboxylic acids is 1. The molecule has 2 aromatic heterocycles. The molecule has 7 nitrogen and oxygen atoms in total. The number of hydrogen-bond donors (Lipinski definition) is 1. The highest BCUT2D eigenvalue weighted by Gasteiger charge is 2.40. The summed E-state index contributed by atoms with van der Waals surface area (Å²) in [6.07, 6.45) is 11.1. The van der Waals surface area contributed by atoms with E-state index in [2.05, 4.69) is 21.5 Å². The molecule has 2 aromatic rings. The van der Waals surface area contributed by atoms with Crippen molar-refractivity contribution < 1.29 is 9.21 Å². The Morgan fingerprint density at radius 2 is 2.23 bits per heavy atom. The minimum atomic E-state index is -0.0119. The molecule has 1 aliphatic carbocycles. The van der Waals surface area contributed by atoms with Crippen LogP contribution in [0.3, 0.4) is 0 Å². The maximum atomic E-state index is 12.8. The molecule has 1 saturated carbocycles. The first-order valence-electron chi connectivity index (χ1n) is 9.39. The summed E-state index contributed by atoms with van der Waals surface area (Å²) >= 11 is 0. The first-order valence-corrected chi connectivity index (χ1v) is 9.39. The van der Waals surface area contributed by atoms with Gasteiger partial charge in [0.1, 0.15) is 5.76 Å².